The van der Waals surface area contributed by atoms with Gasteiger partial charge >= 0.3 is 0 Å². The summed E-state index contributed by atoms with van der Waals surface area (Å²) in [6.45, 7) is 2.45. The van der Waals surface area contributed by atoms with Gasteiger partial charge in [0.1, 0.15) is 5.69 Å². The van der Waals surface area contributed by atoms with Crippen molar-refractivity contribution >= 4 is 5.91 Å². The molecule has 1 heterocycles. The first-order valence-electron chi connectivity index (χ1n) is 6.90. The van der Waals surface area contributed by atoms with Crippen LogP contribution in [0.25, 0.3) is 11.1 Å². The number of aromatic nitrogens is 1. The minimum atomic E-state index is -0.0558. The molecule has 2 rings (SSSR count). The zero-order chi connectivity index (χ0) is 15.4. The second-order valence-electron chi connectivity index (χ2n) is 5.15. The number of amides is 1. The maximum Gasteiger partial charge on any atom is 0.270 e. The highest BCUT2D eigenvalue weighted by Gasteiger charge is 2.22. The average molecular weight is 281 g/mol. The van der Waals surface area contributed by atoms with Crippen LogP contribution in [0.1, 0.15) is 22.5 Å². The monoisotopic (exact) mass is 281 g/mol. The van der Waals surface area contributed by atoms with Crippen molar-refractivity contribution in [3.8, 4) is 17.2 Å². The van der Waals surface area contributed by atoms with Crippen molar-refractivity contribution in [1.29, 1.82) is 5.26 Å². The van der Waals surface area contributed by atoms with Crippen molar-refractivity contribution in [3.63, 3.8) is 0 Å². The summed E-state index contributed by atoms with van der Waals surface area (Å²) in [6.07, 6.45) is 2.31. The van der Waals surface area contributed by atoms with Gasteiger partial charge in [0.2, 0.25) is 0 Å². The van der Waals surface area contributed by atoms with Crippen LogP contribution >= 0.6 is 0 Å². The summed E-state index contributed by atoms with van der Waals surface area (Å²) in [5.41, 5.74) is 3.74. The molecule has 0 saturated carbocycles. The SMILES string of the molecule is Cc1cn(C)c(C(=O)N(C)CCC#N)c1-c1ccccc1. The van der Waals surface area contributed by atoms with Gasteiger partial charge in [-0.3, -0.25) is 4.79 Å². The van der Waals surface area contributed by atoms with E-state index in [1.54, 1.807) is 11.9 Å². The Morgan fingerprint density at radius 1 is 1.33 bits per heavy atom. The summed E-state index contributed by atoms with van der Waals surface area (Å²) in [5, 5.41) is 8.67. The Balaban J connectivity index is 2.45. The van der Waals surface area contributed by atoms with E-state index in [2.05, 4.69) is 6.07 Å². The van der Waals surface area contributed by atoms with E-state index < -0.39 is 0 Å². The summed E-state index contributed by atoms with van der Waals surface area (Å²) >= 11 is 0. The van der Waals surface area contributed by atoms with E-state index in [9.17, 15) is 4.79 Å². The topological polar surface area (TPSA) is 49.0 Å². The summed E-state index contributed by atoms with van der Waals surface area (Å²) < 4.78 is 1.86. The van der Waals surface area contributed by atoms with Crippen LogP contribution in [0.15, 0.2) is 36.5 Å². The maximum atomic E-state index is 12.7. The van der Waals surface area contributed by atoms with Gasteiger partial charge in [0.25, 0.3) is 5.91 Å². The summed E-state index contributed by atoms with van der Waals surface area (Å²) in [6, 6.07) is 12.0. The average Bonchev–Trinajstić information content (AvgIpc) is 2.79. The first kappa shape index (κ1) is 14.9. The van der Waals surface area contributed by atoms with Gasteiger partial charge in [-0.2, -0.15) is 5.26 Å². The third-order valence-corrected chi connectivity index (χ3v) is 3.54. The third kappa shape index (κ3) is 2.97. The molecule has 4 nitrogen and oxygen atoms in total. The minimum absolute atomic E-state index is 0.0558. The predicted molar refractivity (Wildman–Crippen MR) is 82.8 cm³/mol. The second-order valence-corrected chi connectivity index (χ2v) is 5.15. The molecule has 108 valence electrons. The fraction of sp³-hybridized carbons (Fsp3) is 0.294. The molecule has 0 N–H and O–H groups in total. The smallest absolute Gasteiger partial charge is 0.270 e. The lowest BCUT2D eigenvalue weighted by molar-refractivity contribution is 0.0789. The number of nitriles is 1. The lowest BCUT2D eigenvalue weighted by Gasteiger charge is -2.17. The van der Waals surface area contributed by atoms with Gasteiger partial charge in [0, 0.05) is 32.4 Å². The van der Waals surface area contributed by atoms with Crippen molar-refractivity contribution < 1.29 is 4.79 Å². The van der Waals surface area contributed by atoms with Crippen LogP contribution in [0.5, 0.6) is 0 Å². The zero-order valence-electron chi connectivity index (χ0n) is 12.6. The largest absolute Gasteiger partial charge is 0.346 e. The number of hydrogen-bond donors (Lipinski definition) is 0. The Morgan fingerprint density at radius 2 is 2.00 bits per heavy atom. The van der Waals surface area contributed by atoms with E-state index in [1.807, 2.05) is 55.1 Å². The molecule has 0 aliphatic carbocycles. The van der Waals surface area contributed by atoms with Crippen LogP contribution in [0, 0.1) is 18.3 Å². The van der Waals surface area contributed by atoms with Crippen molar-refractivity contribution in [2.45, 2.75) is 13.3 Å². The van der Waals surface area contributed by atoms with Crippen LogP contribution in [-0.2, 0) is 7.05 Å². The van der Waals surface area contributed by atoms with Gasteiger partial charge in [-0.1, -0.05) is 30.3 Å². The molecule has 2 aromatic rings. The van der Waals surface area contributed by atoms with Crippen molar-refractivity contribution in [1.82, 2.24) is 9.47 Å². The van der Waals surface area contributed by atoms with Crippen molar-refractivity contribution in [2.24, 2.45) is 7.05 Å². The quantitative estimate of drug-likeness (QED) is 0.865. The molecule has 0 saturated heterocycles. The molecule has 1 aromatic carbocycles. The molecule has 0 aliphatic heterocycles. The maximum absolute atomic E-state index is 12.7. The van der Waals surface area contributed by atoms with Gasteiger partial charge in [-0.05, 0) is 18.1 Å². The summed E-state index contributed by atoms with van der Waals surface area (Å²) in [4.78, 5) is 14.3. The van der Waals surface area contributed by atoms with E-state index in [1.165, 1.54) is 0 Å². The highest BCUT2D eigenvalue weighted by Crippen LogP contribution is 2.29. The fourth-order valence-corrected chi connectivity index (χ4v) is 2.51. The Hall–Kier alpha value is -2.54. The lowest BCUT2D eigenvalue weighted by atomic mass is 10.0. The number of aryl methyl sites for hydroxylation is 2. The highest BCUT2D eigenvalue weighted by molar-refractivity contribution is 6.00. The second kappa shape index (κ2) is 6.27. The summed E-state index contributed by atoms with van der Waals surface area (Å²) in [5.74, 6) is -0.0558. The molecule has 0 aliphatic rings. The molecular weight excluding hydrogens is 262 g/mol. The first-order chi connectivity index (χ1) is 10.1. The van der Waals surface area contributed by atoms with Gasteiger partial charge < -0.3 is 9.47 Å². The zero-order valence-corrected chi connectivity index (χ0v) is 12.6. The van der Waals surface area contributed by atoms with E-state index >= 15 is 0 Å². The molecule has 0 atom stereocenters. The normalized spacial score (nSPS) is 10.2. The number of carbonyl (C=O) groups is 1. The van der Waals surface area contributed by atoms with Crippen LogP contribution in [0.3, 0.4) is 0 Å². The Morgan fingerprint density at radius 3 is 2.62 bits per heavy atom. The Bertz CT molecular complexity index is 680. The molecule has 1 aromatic heterocycles. The van der Waals surface area contributed by atoms with Crippen LogP contribution in [0.2, 0.25) is 0 Å². The van der Waals surface area contributed by atoms with Crippen LogP contribution in [0.4, 0.5) is 0 Å². The number of rotatable bonds is 4. The molecule has 0 unspecified atom stereocenters. The number of carbonyl (C=O) groups excluding carboxylic acids is 1. The molecule has 0 fully saturated rings. The van der Waals surface area contributed by atoms with E-state index in [0.717, 1.165) is 16.7 Å². The van der Waals surface area contributed by atoms with E-state index in [-0.39, 0.29) is 5.91 Å². The van der Waals surface area contributed by atoms with Gasteiger partial charge in [0.15, 0.2) is 0 Å². The van der Waals surface area contributed by atoms with E-state index in [0.29, 0.717) is 18.7 Å². The first-order valence-corrected chi connectivity index (χ1v) is 6.90. The van der Waals surface area contributed by atoms with Gasteiger partial charge in [-0.15, -0.1) is 0 Å². The number of nitrogens with zero attached hydrogens (tertiary/aromatic N) is 3. The van der Waals surface area contributed by atoms with Gasteiger partial charge in [0.05, 0.1) is 12.5 Å². The molecule has 4 heteroatoms. The highest BCUT2D eigenvalue weighted by atomic mass is 16.2. The summed E-state index contributed by atoms with van der Waals surface area (Å²) in [7, 11) is 3.61. The Kier molecular flexibility index (Phi) is 4.44. The Labute approximate surface area is 125 Å². The third-order valence-electron chi connectivity index (χ3n) is 3.54. The molecule has 1 amide bonds. The predicted octanol–water partition coefficient (Wildman–Crippen LogP) is 2.99. The van der Waals surface area contributed by atoms with Gasteiger partial charge in [-0.25, -0.2) is 0 Å². The fourth-order valence-electron chi connectivity index (χ4n) is 2.51. The molecule has 0 spiro atoms. The molecule has 21 heavy (non-hydrogen) atoms. The van der Waals surface area contributed by atoms with Crippen LogP contribution in [-0.4, -0.2) is 29.0 Å². The minimum Gasteiger partial charge on any atom is -0.346 e. The standard InChI is InChI=1S/C17H19N3O/c1-13-12-20(3)16(17(21)19(2)11-7-10-18)15(13)14-8-5-4-6-9-14/h4-6,8-9,12H,7,11H2,1-3H3. The molecule has 0 radical (unpaired) electrons. The van der Waals surface area contributed by atoms with Crippen molar-refractivity contribution in [2.75, 3.05) is 13.6 Å². The van der Waals surface area contributed by atoms with Crippen LogP contribution < -0.4 is 0 Å². The number of benzene rings is 1. The van der Waals surface area contributed by atoms with Crippen molar-refractivity contribution in [3.05, 3.63) is 47.8 Å². The molecule has 0 bridgehead atoms. The number of hydrogen-bond acceptors (Lipinski definition) is 2. The lowest BCUT2D eigenvalue weighted by Crippen LogP contribution is -2.29. The molecular formula is C17H19N3O. The van der Waals surface area contributed by atoms with E-state index in [4.69, 9.17) is 5.26 Å².